The molecule has 4 aromatic heterocycles. The summed E-state index contributed by atoms with van der Waals surface area (Å²) in [6.07, 6.45) is 13.6. The van der Waals surface area contributed by atoms with E-state index >= 15 is 0 Å². The number of carbonyl (C=O) groups excluding carboxylic acids is 8. The summed E-state index contributed by atoms with van der Waals surface area (Å²) in [7, 11) is 3.84. The van der Waals surface area contributed by atoms with E-state index in [1.165, 1.54) is 61.7 Å². The molecule has 28 nitrogen and oxygen atoms in total. The quantitative estimate of drug-likeness (QED) is 0.0681. The minimum atomic E-state index is -1.17. The molecule has 12 fully saturated rings. The molecule has 121 heavy (non-hydrogen) atoms. The molecule has 4 saturated heterocycles. The van der Waals surface area contributed by atoms with Crippen molar-refractivity contribution < 1.29 is 102 Å². The number of rotatable bonds is 12. The third kappa shape index (κ3) is 11.7. The summed E-state index contributed by atoms with van der Waals surface area (Å²) in [4.78, 5) is 161. The van der Waals surface area contributed by atoms with Gasteiger partial charge in [-0.15, -0.1) is 0 Å². The van der Waals surface area contributed by atoms with Crippen LogP contribution in [0.4, 0.5) is 39.5 Å². The van der Waals surface area contributed by atoms with Gasteiger partial charge in [0.15, 0.2) is 45.8 Å². The number of pyridine rings is 4. The maximum atomic E-state index is 13.9. The highest BCUT2D eigenvalue weighted by Gasteiger charge is 2.71. The van der Waals surface area contributed by atoms with Gasteiger partial charge in [-0.25, -0.2) is 44.3 Å². The molecule has 8 aliphatic heterocycles. The third-order valence-electron chi connectivity index (χ3n) is 29.0. The second kappa shape index (κ2) is 27.7. The Morgan fingerprint density at radius 2 is 0.579 bits per heavy atom. The fourth-order valence-electron chi connectivity index (χ4n) is 23.6. The van der Waals surface area contributed by atoms with E-state index in [0.29, 0.717) is 134 Å². The smallest absolute Gasteiger partial charge is 0.343 e. The summed E-state index contributed by atoms with van der Waals surface area (Å²) in [6.45, 7) is -0.0541. The van der Waals surface area contributed by atoms with E-state index < -0.39 is 169 Å². The van der Waals surface area contributed by atoms with Crippen molar-refractivity contribution in [3.8, 4) is 23.0 Å². The molecule has 8 bridgehead atoms. The summed E-state index contributed by atoms with van der Waals surface area (Å²) in [5.41, 5.74) is -6.24. The standard InChI is InChI=1S/C23H20F3N3O4.2C22H18F3N3O4.C17H18N2O5/c1-33-21-19-23(32)29-17-5-12(10-4-11(10)17)18(29)8-28(19)7-14(20(21)30)22(31)27-6-13-15(25)2-9(24)3-16(13)26;2*23-8-1-14(24)12(15(25)2-8)5-26-21(31)13-6-27-7-17-11-4-16(10-3-9(10)11)28(17)22(32)18(27)20(30)19(13)29;1-23-15-13-16(21)19-11-4-9(7-3-8(7)11)12(19)6-18(13)5-10(14(15)20)17(22)24-2/h2-3,7,10-12,17-18H,4-6,8H2,1H3,(H,27,31);2*1-2,6,9-11,16-17,30H,3-5,7H2,(H,26,31);5,7-9,11-12H,3-4,6H2,1-2H3/t10-,11+,12-,17+,18-;2*9-,10+,11-,16+,17-;7-,8+,9-,11+,12-/m1111/s1. The number of aromatic hydroxyl groups is 2. The molecule has 37 heteroatoms. The first-order chi connectivity index (χ1) is 57.9. The Morgan fingerprint density at radius 3 is 0.851 bits per heavy atom. The lowest BCUT2D eigenvalue weighted by Gasteiger charge is -2.40. The zero-order valence-electron chi connectivity index (χ0n) is 64.4. The van der Waals surface area contributed by atoms with E-state index in [4.69, 9.17) is 14.2 Å². The van der Waals surface area contributed by atoms with Gasteiger partial charge in [0.25, 0.3) is 41.4 Å². The number of benzene rings is 3. The number of amides is 7. The molecule has 0 unspecified atom stereocenters. The average Bonchev–Trinajstić information content (AvgIpc) is 1.46. The summed E-state index contributed by atoms with van der Waals surface area (Å²) in [6, 6.07) is 3.89. The van der Waals surface area contributed by atoms with Crippen molar-refractivity contribution in [3.05, 3.63) is 216 Å². The van der Waals surface area contributed by atoms with Gasteiger partial charge in [-0.3, -0.25) is 52.7 Å². The van der Waals surface area contributed by atoms with Gasteiger partial charge in [0.05, 0.1) is 45.5 Å². The van der Waals surface area contributed by atoms with Gasteiger partial charge in [-0.05, 0) is 122 Å². The van der Waals surface area contributed by atoms with Crippen LogP contribution in [-0.2, 0) is 50.6 Å². The molecular weight excluding hydrogens is 1610 g/mol. The Labute approximate surface area is 677 Å². The predicted octanol–water partition coefficient (Wildman–Crippen LogP) is 6.10. The second-order valence-corrected chi connectivity index (χ2v) is 34.6. The van der Waals surface area contributed by atoms with Crippen LogP contribution in [0.5, 0.6) is 23.0 Å². The van der Waals surface area contributed by atoms with Crippen LogP contribution >= 0.6 is 0 Å². The van der Waals surface area contributed by atoms with Crippen LogP contribution in [0.25, 0.3) is 0 Å². The Hall–Kier alpha value is -12.2. The van der Waals surface area contributed by atoms with Crippen LogP contribution in [0.3, 0.4) is 0 Å². The van der Waals surface area contributed by atoms with Gasteiger partial charge in [0.1, 0.15) is 74.6 Å². The van der Waals surface area contributed by atoms with Crippen molar-refractivity contribution in [2.45, 2.75) is 146 Å². The number of nitrogens with zero attached hydrogens (tertiary/aromatic N) is 8. The summed E-state index contributed by atoms with van der Waals surface area (Å²) in [5, 5.41) is 27.7. The minimum absolute atomic E-state index is 0.0178. The lowest BCUT2D eigenvalue weighted by atomic mass is 9.94. The van der Waals surface area contributed by atoms with Crippen molar-refractivity contribution in [1.82, 2.24) is 53.8 Å². The van der Waals surface area contributed by atoms with Crippen molar-refractivity contribution in [2.75, 3.05) is 21.3 Å². The number of piperidine rings is 4. The summed E-state index contributed by atoms with van der Waals surface area (Å²) < 4.78 is 144. The first-order valence-corrected chi connectivity index (χ1v) is 40.1. The van der Waals surface area contributed by atoms with Crippen LogP contribution in [0.1, 0.15) is 151 Å². The molecule has 12 heterocycles. The van der Waals surface area contributed by atoms with Gasteiger partial charge in [0.2, 0.25) is 21.7 Å². The SMILES string of the molecule is COC(=O)c1cn2c(c(OC)c1=O)C(=O)N1[C@H](C2)[C@@H]2C[C@H]1[C@H]1C[C@@H]21.COc1c2n(cc(C(=O)NCc3c(F)cc(F)cc3F)c1=O)C[C@@H]1[C@@H]3C[C@@H]([C@H]4C[C@@H]34)N1C2=O.O=C(NCc1c(F)cc(F)cc1F)c1cn2c(c(O)c1=O)C(=O)N1[C@H](C2)[C@@H]2C[C@H]1[C@H]1C[C@@H]21.O=C(NCc1c(F)cc(F)cc1F)c1cn2c(c(O)c1=O)C(=O)N1[C@H](C2)[C@@H]2C[C@H]1[C@H]1C[C@@H]21. The van der Waals surface area contributed by atoms with E-state index in [-0.39, 0.29) is 99.5 Å². The molecule has 7 amide bonds. The predicted molar refractivity (Wildman–Crippen MR) is 397 cm³/mol. The number of hydrogen-bond donors (Lipinski definition) is 5. The third-order valence-corrected chi connectivity index (χ3v) is 29.0. The Kier molecular flexibility index (Phi) is 17.7. The summed E-state index contributed by atoms with van der Waals surface area (Å²) in [5.74, 6) is -10.3. The van der Waals surface area contributed by atoms with E-state index in [0.717, 1.165) is 50.9 Å². The lowest BCUT2D eigenvalue weighted by Crippen LogP contribution is -2.53. The number of nitrogens with one attached hydrogen (secondary N) is 3. The molecule has 16 aliphatic rings. The normalized spacial score (nSPS) is 29.9. The first-order valence-electron chi connectivity index (χ1n) is 40.1. The number of fused-ring (bicyclic) bond motifs is 36. The van der Waals surface area contributed by atoms with Gasteiger partial charge in [-0.1, -0.05) is 0 Å². The highest BCUT2D eigenvalue weighted by Crippen LogP contribution is 2.68. The largest absolute Gasteiger partial charge is 0.503 e. The maximum Gasteiger partial charge on any atom is 0.343 e. The Balaban J connectivity index is 0.000000103. The zero-order valence-corrected chi connectivity index (χ0v) is 64.4. The van der Waals surface area contributed by atoms with E-state index in [9.17, 15) is 107 Å². The molecule has 3 aromatic carbocycles. The topological polar surface area (TPSA) is 342 Å². The van der Waals surface area contributed by atoms with Crippen LogP contribution < -0.4 is 47.1 Å². The van der Waals surface area contributed by atoms with E-state index in [1.54, 1.807) is 18.9 Å². The van der Waals surface area contributed by atoms with Crippen molar-refractivity contribution in [2.24, 2.45) is 71.0 Å². The molecular formula is C84H74F9N11O17. The van der Waals surface area contributed by atoms with Crippen LogP contribution in [0.15, 0.2) is 80.4 Å². The van der Waals surface area contributed by atoms with Crippen LogP contribution in [0.2, 0.25) is 0 Å². The Morgan fingerprint density at radius 1 is 0.339 bits per heavy atom. The number of methoxy groups -OCH3 is 3. The van der Waals surface area contributed by atoms with Gasteiger partial charge >= 0.3 is 5.97 Å². The molecule has 8 aliphatic carbocycles. The highest BCUT2D eigenvalue weighted by atomic mass is 19.2. The highest BCUT2D eigenvalue weighted by molar-refractivity contribution is 6.03. The van der Waals surface area contributed by atoms with Crippen molar-refractivity contribution >= 4 is 47.3 Å². The zero-order chi connectivity index (χ0) is 84.9. The average molecular weight is 1680 g/mol. The molecule has 7 aromatic rings. The van der Waals surface area contributed by atoms with Gasteiger partial charge in [0, 0.05) is 148 Å². The fourth-order valence-corrected chi connectivity index (χ4v) is 23.6. The molecule has 20 atom stereocenters. The van der Waals surface area contributed by atoms with Gasteiger partial charge < -0.3 is 78.2 Å². The molecule has 0 spiro atoms. The molecule has 23 rings (SSSR count). The molecule has 8 saturated carbocycles. The summed E-state index contributed by atoms with van der Waals surface area (Å²) >= 11 is 0. The van der Waals surface area contributed by atoms with Crippen molar-refractivity contribution in [3.63, 3.8) is 0 Å². The number of halogens is 9. The fraction of sp³-hybridized carbons (Fsp3) is 0.452. The van der Waals surface area contributed by atoms with E-state index in [1.807, 2.05) is 9.80 Å². The van der Waals surface area contributed by atoms with Crippen LogP contribution in [0, 0.1) is 123 Å². The Bertz CT molecular complexity index is 5870. The maximum absolute atomic E-state index is 13.9. The van der Waals surface area contributed by atoms with Crippen LogP contribution in [-0.4, -0.2) is 165 Å². The number of hydrogen-bond acceptors (Lipinski definition) is 17. The number of carbonyl (C=O) groups is 8. The molecule has 5 N–H and O–H groups in total. The number of esters is 1. The first kappa shape index (κ1) is 77.4. The van der Waals surface area contributed by atoms with E-state index in [2.05, 4.69) is 16.0 Å². The van der Waals surface area contributed by atoms with Crippen molar-refractivity contribution in [1.29, 1.82) is 0 Å². The lowest BCUT2D eigenvalue weighted by molar-refractivity contribution is 0.0456. The molecule has 630 valence electrons. The minimum Gasteiger partial charge on any atom is -0.503 e. The van der Waals surface area contributed by atoms with Gasteiger partial charge in [-0.2, -0.15) is 0 Å². The number of ether oxygens (including phenoxy) is 3. The monoisotopic (exact) mass is 1680 g/mol. The second-order valence-electron chi connectivity index (χ2n) is 34.6. The number of aromatic nitrogens is 4. The molecule has 0 radical (unpaired) electrons.